The van der Waals surface area contributed by atoms with Crippen LogP contribution in [0, 0.1) is 41.4 Å². The van der Waals surface area contributed by atoms with Gasteiger partial charge in [-0.05, 0) is 54.8 Å². The molecule has 0 N–H and O–H groups in total. The molecule has 4 aliphatic rings. The molecule has 0 spiro atoms. The van der Waals surface area contributed by atoms with Crippen molar-refractivity contribution in [1.29, 1.82) is 0 Å². The van der Waals surface area contributed by atoms with Crippen LogP contribution in [0.2, 0.25) is 0 Å². The fraction of sp³-hybridized carbons (Fsp3) is 0.867. The molecule has 7 unspecified atom stereocenters. The Morgan fingerprint density at radius 3 is 2.35 bits per heavy atom. The first kappa shape index (κ1) is 10.6. The minimum Gasteiger partial charge on any atom is -0.356 e. The van der Waals surface area contributed by atoms with E-state index < -0.39 is 0 Å². The summed E-state index contributed by atoms with van der Waals surface area (Å²) in [5.74, 6) is 6.27. The molecule has 0 aromatic rings. The summed E-state index contributed by atoms with van der Waals surface area (Å²) in [6.45, 7) is 0. The van der Waals surface area contributed by atoms with Gasteiger partial charge in [-0.1, -0.05) is 12.2 Å². The van der Waals surface area contributed by atoms with Crippen LogP contribution in [0.4, 0.5) is 0 Å². The summed E-state index contributed by atoms with van der Waals surface area (Å²) >= 11 is 0. The molecular weight excluding hydrogens is 212 g/mol. The molecule has 0 aromatic carbocycles. The van der Waals surface area contributed by atoms with E-state index in [1.54, 1.807) is 14.2 Å². The van der Waals surface area contributed by atoms with Crippen molar-refractivity contribution in [3.05, 3.63) is 12.2 Å². The summed E-state index contributed by atoms with van der Waals surface area (Å²) < 4.78 is 11.0. The molecule has 17 heavy (non-hydrogen) atoms. The Balaban J connectivity index is 1.61. The summed E-state index contributed by atoms with van der Waals surface area (Å²) in [6.07, 6.45) is 9.27. The van der Waals surface area contributed by atoms with Gasteiger partial charge in [0.2, 0.25) is 0 Å². The highest BCUT2D eigenvalue weighted by Gasteiger charge is 2.62. The zero-order chi connectivity index (χ0) is 11.6. The largest absolute Gasteiger partial charge is 0.356 e. The van der Waals surface area contributed by atoms with Crippen molar-refractivity contribution in [2.45, 2.75) is 25.6 Å². The second-order valence-corrected chi connectivity index (χ2v) is 6.50. The summed E-state index contributed by atoms with van der Waals surface area (Å²) in [5.41, 5.74) is 0. The van der Waals surface area contributed by atoms with Crippen molar-refractivity contribution in [3.63, 3.8) is 0 Å². The maximum atomic E-state index is 5.52. The second-order valence-electron chi connectivity index (χ2n) is 6.50. The summed E-state index contributed by atoms with van der Waals surface area (Å²) in [7, 11) is 3.58. The molecular formula is C15H22O2. The molecule has 0 amide bonds. The van der Waals surface area contributed by atoms with Gasteiger partial charge < -0.3 is 9.47 Å². The van der Waals surface area contributed by atoms with Crippen LogP contribution in [0.5, 0.6) is 0 Å². The van der Waals surface area contributed by atoms with E-state index in [0.29, 0.717) is 5.92 Å². The minimum atomic E-state index is 0.0362. The first-order chi connectivity index (χ1) is 8.33. The summed E-state index contributed by atoms with van der Waals surface area (Å²) in [5, 5.41) is 0. The highest BCUT2D eigenvalue weighted by atomic mass is 16.7. The number of allylic oxidation sites excluding steroid dienone is 2. The van der Waals surface area contributed by atoms with E-state index in [1.165, 1.54) is 19.3 Å². The Morgan fingerprint density at radius 1 is 0.941 bits per heavy atom. The fourth-order valence-corrected chi connectivity index (χ4v) is 5.83. The first-order valence-electron chi connectivity index (χ1n) is 7.07. The number of fused-ring (bicyclic) bond motifs is 9. The van der Waals surface area contributed by atoms with E-state index in [4.69, 9.17) is 9.47 Å². The van der Waals surface area contributed by atoms with Crippen molar-refractivity contribution in [2.24, 2.45) is 41.4 Å². The number of rotatable bonds is 3. The highest BCUT2D eigenvalue weighted by Crippen LogP contribution is 2.67. The molecule has 2 heteroatoms. The lowest BCUT2D eigenvalue weighted by Crippen LogP contribution is -2.37. The molecule has 3 saturated carbocycles. The van der Waals surface area contributed by atoms with Gasteiger partial charge >= 0.3 is 0 Å². The standard InChI is InChI=1S/C15H22O2/c1-16-15(17-2)12-7-10-6-11(12)14-9-4-3-8(5-9)13(10)14/h3-4,8-15H,5-7H2,1-2H3. The maximum absolute atomic E-state index is 5.52. The van der Waals surface area contributed by atoms with Gasteiger partial charge in [-0.2, -0.15) is 0 Å². The van der Waals surface area contributed by atoms with Crippen LogP contribution in [0.25, 0.3) is 0 Å². The summed E-state index contributed by atoms with van der Waals surface area (Å²) in [4.78, 5) is 0. The van der Waals surface area contributed by atoms with Crippen molar-refractivity contribution in [3.8, 4) is 0 Å². The molecule has 0 aromatic heterocycles. The van der Waals surface area contributed by atoms with Crippen molar-refractivity contribution in [1.82, 2.24) is 0 Å². The van der Waals surface area contributed by atoms with E-state index in [0.717, 1.165) is 35.5 Å². The fourth-order valence-electron chi connectivity index (χ4n) is 5.83. The topological polar surface area (TPSA) is 18.5 Å². The molecule has 4 rings (SSSR count). The van der Waals surface area contributed by atoms with Crippen LogP contribution in [-0.4, -0.2) is 20.5 Å². The zero-order valence-electron chi connectivity index (χ0n) is 10.7. The molecule has 4 aliphatic carbocycles. The van der Waals surface area contributed by atoms with Crippen LogP contribution < -0.4 is 0 Å². The summed E-state index contributed by atoms with van der Waals surface area (Å²) in [6, 6.07) is 0. The van der Waals surface area contributed by atoms with E-state index in [1.807, 2.05) is 0 Å². The highest BCUT2D eigenvalue weighted by molar-refractivity contribution is 5.20. The third kappa shape index (κ3) is 1.23. The molecule has 0 saturated heterocycles. The van der Waals surface area contributed by atoms with E-state index in [9.17, 15) is 0 Å². The smallest absolute Gasteiger partial charge is 0.159 e. The van der Waals surface area contributed by atoms with Gasteiger partial charge in [-0.15, -0.1) is 0 Å². The number of hydrogen-bond acceptors (Lipinski definition) is 2. The lowest BCUT2D eigenvalue weighted by Gasteiger charge is -2.38. The van der Waals surface area contributed by atoms with E-state index in [2.05, 4.69) is 12.2 Å². The Labute approximate surface area is 103 Å². The van der Waals surface area contributed by atoms with E-state index >= 15 is 0 Å². The van der Waals surface area contributed by atoms with Crippen molar-refractivity contribution >= 4 is 0 Å². The normalized spacial score (nSPS) is 53.9. The van der Waals surface area contributed by atoms with Crippen molar-refractivity contribution in [2.75, 3.05) is 14.2 Å². The predicted octanol–water partition coefficient (Wildman–Crippen LogP) is 2.70. The van der Waals surface area contributed by atoms with Crippen molar-refractivity contribution < 1.29 is 9.47 Å². The molecule has 0 radical (unpaired) electrons. The molecule has 2 nitrogen and oxygen atoms in total. The maximum Gasteiger partial charge on any atom is 0.159 e. The average molecular weight is 234 g/mol. The van der Waals surface area contributed by atoms with Crippen LogP contribution in [0.1, 0.15) is 19.3 Å². The quantitative estimate of drug-likeness (QED) is 0.424. The third-order valence-corrected chi connectivity index (χ3v) is 6.14. The van der Waals surface area contributed by atoms with Gasteiger partial charge in [0.25, 0.3) is 0 Å². The first-order valence-corrected chi connectivity index (χ1v) is 7.07. The molecule has 0 heterocycles. The molecule has 7 atom stereocenters. The molecule has 3 fully saturated rings. The van der Waals surface area contributed by atoms with Crippen LogP contribution in [0.3, 0.4) is 0 Å². The lowest BCUT2D eigenvalue weighted by molar-refractivity contribution is -0.156. The number of methoxy groups -OCH3 is 2. The Hall–Kier alpha value is -0.340. The Bertz CT molecular complexity index is 347. The molecule has 0 aliphatic heterocycles. The third-order valence-electron chi connectivity index (χ3n) is 6.14. The molecule has 94 valence electrons. The van der Waals surface area contributed by atoms with Gasteiger partial charge in [-0.3, -0.25) is 0 Å². The van der Waals surface area contributed by atoms with Crippen LogP contribution in [-0.2, 0) is 9.47 Å². The lowest BCUT2D eigenvalue weighted by atomic mass is 9.69. The minimum absolute atomic E-state index is 0.0362. The van der Waals surface area contributed by atoms with Gasteiger partial charge in [0.15, 0.2) is 6.29 Å². The molecule has 4 bridgehead atoms. The van der Waals surface area contributed by atoms with Gasteiger partial charge in [-0.25, -0.2) is 0 Å². The monoisotopic (exact) mass is 234 g/mol. The van der Waals surface area contributed by atoms with Crippen LogP contribution >= 0.6 is 0 Å². The van der Waals surface area contributed by atoms with Gasteiger partial charge in [0.05, 0.1) is 0 Å². The number of ether oxygens (including phenoxy) is 2. The Kier molecular flexibility index (Phi) is 2.23. The van der Waals surface area contributed by atoms with Crippen LogP contribution in [0.15, 0.2) is 12.2 Å². The van der Waals surface area contributed by atoms with E-state index in [-0.39, 0.29) is 6.29 Å². The SMILES string of the molecule is COC(OC)C1CC2CC1C1C3C=CC(C3)C21. The second kappa shape index (κ2) is 3.58. The van der Waals surface area contributed by atoms with Gasteiger partial charge in [0, 0.05) is 20.1 Å². The Morgan fingerprint density at radius 2 is 1.65 bits per heavy atom. The van der Waals surface area contributed by atoms with Gasteiger partial charge in [0.1, 0.15) is 0 Å². The average Bonchev–Trinajstić information content (AvgIpc) is 3.09. The predicted molar refractivity (Wildman–Crippen MR) is 65.2 cm³/mol. The zero-order valence-corrected chi connectivity index (χ0v) is 10.7. The number of hydrogen-bond donors (Lipinski definition) is 0.